The number of nitrogens with zero attached hydrogens (tertiary/aromatic N) is 1. The number of ether oxygens (including phenoxy) is 1. The highest BCUT2D eigenvalue weighted by Gasteiger charge is 2.26. The first-order valence-corrected chi connectivity index (χ1v) is 10.7. The van der Waals surface area contributed by atoms with Gasteiger partial charge in [-0.05, 0) is 76.5 Å². The Labute approximate surface area is 154 Å². The zero-order valence-electron chi connectivity index (χ0n) is 15.9. The Morgan fingerprint density at radius 1 is 1.20 bits per heavy atom. The molecule has 0 bridgehead atoms. The lowest BCUT2D eigenvalue weighted by molar-refractivity contribution is 0.0180. The molecule has 1 aliphatic heterocycles. The van der Waals surface area contributed by atoms with Gasteiger partial charge < -0.3 is 9.64 Å². The molecule has 0 aliphatic carbocycles. The maximum Gasteiger partial charge on any atom is 0.410 e. The zero-order valence-corrected chi connectivity index (χ0v) is 16.7. The third-order valence-corrected chi connectivity index (χ3v) is 5.54. The van der Waals surface area contributed by atoms with E-state index in [0.717, 1.165) is 43.7 Å². The fraction of sp³-hybridized carbons (Fsp3) is 0.650. The normalized spacial score (nSPS) is 17.4. The summed E-state index contributed by atoms with van der Waals surface area (Å²) in [5, 5.41) is 0. The number of aryl methyl sites for hydroxylation is 1. The first-order valence-electron chi connectivity index (χ1n) is 9.15. The quantitative estimate of drug-likeness (QED) is 0.777. The van der Waals surface area contributed by atoms with Crippen molar-refractivity contribution < 1.29 is 13.7 Å². The predicted octanol–water partition coefficient (Wildman–Crippen LogP) is 4.39. The number of likely N-dealkylation sites (tertiary alicyclic amines) is 1. The Morgan fingerprint density at radius 2 is 1.80 bits per heavy atom. The highest BCUT2D eigenvalue weighted by molar-refractivity contribution is 7.84. The first kappa shape index (κ1) is 20.0. The van der Waals surface area contributed by atoms with E-state index in [4.69, 9.17) is 4.74 Å². The number of benzene rings is 1. The van der Waals surface area contributed by atoms with Crippen molar-refractivity contribution in [2.45, 2.75) is 63.4 Å². The SMILES string of the molecule is CS(=O)c1ccc(CCCC2CCN(C(=O)OC(C)(C)C)CC2)cc1. The molecule has 2 rings (SSSR count). The minimum absolute atomic E-state index is 0.181. The van der Waals surface area contributed by atoms with Crippen LogP contribution in [-0.4, -0.2) is 40.1 Å². The van der Waals surface area contributed by atoms with Crippen LogP contribution in [0.3, 0.4) is 0 Å². The largest absolute Gasteiger partial charge is 0.444 e. The van der Waals surface area contributed by atoms with Gasteiger partial charge in [-0.25, -0.2) is 4.79 Å². The molecule has 0 N–H and O–H groups in total. The van der Waals surface area contributed by atoms with E-state index >= 15 is 0 Å². The van der Waals surface area contributed by atoms with Gasteiger partial charge in [0.05, 0.1) is 0 Å². The minimum atomic E-state index is -0.903. The zero-order chi connectivity index (χ0) is 18.4. The second kappa shape index (κ2) is 8.84. The number of carbonyl (C=O) groups is 1. The van der Waals surface area contributed by atoms with Crippen LogP contribution in [-0.2, 0) is 22.0 Å². The van der Waals surface area contributed by atoms with Gasteiger partial charge in [0.15, 0.2) is 0 Å². The molecule has 1 heterocycles. The summed E-state index contributed by atoms with van der Waals surface area (Å²) in [7, 11) is -0.903. The smallest absolute Gasteiger partial charge is 0.410 e. The minimum Gasteiger partial charge on any atom is -0.444 e. The number of piperidine rings is 1. The lowest BCUT2D eigenvalue weighted by Gasteiger charge is -2.33. The summed E-state index contributed by atoms with van der Waals surface area (Å²) in [6, 6.07) is 8.10. The Hall–Kier alpha value is -1.36. The van der Waals surface area contributed by atoms with Gasteiger partial charge in [-0.1, -0.05) is 12.1 Å². The maximum absolute atomic E-state index is 12.1. The molecule has 4 nitrogen and oxygen atoms in total. The van der Waals surface area contributed by atoms with Crippen molar-refractivity contribution in [2.75, 3.05) is 19.3 Å². The standard InChI is InChI=1S/C20H31NO3S/c1-20(2,3)24-19(22)21-14-12-17(13-15-21)7-5-6-16-8-10-18(11-9-16)25(4)23/h8-11,17H,5-7,12-15H2,1-4H3. The molecule has 1 aromatic carbocycles. The van der Waals surface area contributed by atoms with Crippen LogP contribution in [0.5, 0.6) is 0 Å². The van der Waals surface area contributed by atoms with Crippen molar-refractivity contribution in [3.63, 3.8) is 0 Å². The third-order valence-electron chi connectivity index (χ3n) is 4.60. The molecule has 1 amide bonds. The van der Waals surface area contributed by atoms with Gasteiger partial charge in [0.25, 0.3) is 0 Å². The highest BCUT2D eigenvalue weighted by atomic mass is 32.2. The van der Waals surface area contributed by atoms with Crippen LogP contribution in [0.2, 0.25) is 0 Å². The Balaban J connectivity index is 1.68. The average molecular weight is 366 g/mol. The van der Waals surface area contributed by atoms with Gasteiger partial charge in [-0.15, -0.1) is 0 Å². The van der Waals surface area contributed by atoms with Crippen LogP contribution in [0.1, 0.15) is 52.0 Å². The van der Waals surface area contributed by atoms with E-state index in [1.807, 2.05) is 37.8 Å². The number of hydrogen-bond donors (Lipinski definition) is 0. The van der Waals surface area contributed by atoms with Gasteiger partial charge >= 0.3 is 6.09 Å². The topological polar surface area (TPSA) is 46.6 Å². The van der Waals surface area contributed by atoms with Crippen LogP contribution >= 0.6 is 0 Å². The molecule has 5 heteroatoms. The van der Waals surface area contributed by atoms with Gasteiger partial charge in [-0.2, -0.15) is 0 Å². The fourth-order valence-corrected chi connectivity index (χ4v) is 3.69. The molecule has 0 spiro atoms. The van der Waals surface area contributed by atoms with E-state index in [1.165, 1.54) is 12.0 Å². The van der Waals surface area contributed by atoms with Gasteiger partial charge in [0.1, 0.15) is 5.60 Å². The summed E-state index contributed by atoms with van der Waals surface area (Å²) in [6.45, 7) is 7.32. The van der Waals surface area contributed by atoms with Crippen molar-refractivity contribution >= 4 is 16.9 Å². The molecule has 1 saturated heterocycles. The van der Waals surface area contributed by atoms with Gasteiger partial charge in [0.2, 0.25) is 0 Å². The molecule has 140 valence electrons. The summed E-state index contributed by atoms with van der Waals surface area (Å²) in [4.78, 5) is 14.8. The van der Waals surface area contributed by atoms with Crippen molar-refractivity contribution in [3.8, 4) is 0 Å². The molecule has 1 unspecified atom stereocenters. The van der Waals surface area contributed by atoms with Gasteiger partial charge in [-0.3, -0.25) is 4.21 Å². The van der Waals surface area contributed by atoms with Crippen molar-refractivity contribution in [1.29, 1.82) is 0 Å². The van der Waals surface area contributed by atoms with Crippen LogP contribution in [0.15, 0.2) is 29.2 Å². The number of amides is 1. The van der Waals surface area contributed by atoms with Crippen LogP contribution in [0.25, 0.3) is 0 Å². The molecule has 25 heavy (non-hydrogen) atoms. The molecule has 1 atom stereocenters. The van der Waals surface area contributed by atoms with Crippen LogP contribution < -0.4 is 0 Å². The van der Waals surface area contributed by atoms with E-state index in [-0.39, 0.29) is 6.09 Å². The maximum atomic E-state index is 12.1. The monoisotopic (exact) mass is 365 g/mol. The Kier molecular flexibility index (Phi) is 7.05. The van der Waals surface area contributed by atoms with Crippen molar-refractivity contribution in [2.24, 2.45) is 5.92 Å². The third kappa shape index (κ3) is 6.81. The van der Waals surface area contributed by atoms with E-state index in [2.05, 4.69) is 12.1 Å². The van der Waals surface area contributed by atoms with Crippen molar-refractivity contribution in [1.82, 2.24) is 4.90 Å². The molecule has 1 fully saturated rings. The molecule has 0 aromatic heterocycles. The molecule has 1 aliphatic rings. The summed E-state index contributed by atoms with van der Waals surface area (Å²) in [6.07, 6.45) is 7.07. The number of carbonyl (C=O) groups excluding carboxylic acids is 1. The van der Waals surface area contributed by atoms with E-state index < -0.39 is 16.4 Å². The van der Waals surface area contributed by atoms with Crippen LogP contribution in [0, 0.1) is 5.92 Å². The summed E-state index contributed by atoms with van der Waals surface area (Å²) < 4.78 is 16.8. The fourth-order valence-electron chi connectivity index (χ4n) is 3.17. The second-order valence-electron chi connectivity index (χ2n) is 7.90. The Morgan fingerprint density at radius 3 is 2.32 bits per heavy atom. The summed E-state index contributed by atoms with van der Waals surface area (Å²) >= 11 is 0. The molecular formula is C20H31NO3S. The van der Waals surface area contributed by atoms with E-state index in [1.54, 1.807) is 6.26 Å². The van der Waals surface area contributed by atoms with Crippen molar-refractivity contribution in [3.05, 3.63) is 29.8 Å². The number of rotatable bonds is 5. The van der Waals surface area contributed by atoms with Gasteiger partial charge in [0, 0.05) is 35.0 Å². The molecule has 1 aromatic rings. The second-order valence-corrected chi connectivity index (χ2v) is 9.28. The predicted molar refractivity (Wildman–Crippen MR) is 102 cm³/mol. The lowest BCUT2D eigenvalue weighted by Crippen LogP contribution is -2.41. The summed E-state index contributed by atoms with van der Waals surface area (Å²) in [5.74, 6) is 0.695. The average Bonchev–Trinajstić information content (AvgIpc) is 2.54. The lowest BCUT2D eigenvalue weighted by atomic mass is 9.91. The highest BCUT2D eigenvalue weighted by Crippen LogP contribution is 2.24. The summed E-state index contributed by atoms with van der Waals surface area (Å²) in [5.41, 5.74) is 0.883. The Bertz CT molecular complexity index is 584. The first-order chi connectivity index (χ1) is 11.7. The number of hydrogen-bond acceptors (Lipinski definition) is 3. The molecule has 0 saturated carbocycles. The van der Waals surface area contributed by atoms with E-state index in [9.17, 15) is 9.00 Å². The van der Waals surface area contributed by atoms with E-state index in [0.29, 0.717) is 5.92 Å². The molecule has 0 radical (unpaired) electrons. The van der Waals surface area contributed by atoms with Crippen LogP contribution in [0.4, 0.5) is 4.79 Å². The molecular weight excluding hydrogens is 334 g/mol.